The van der Waals surface area contributed by atoms with Crippen molar-refractivity contribution in [1.82, 2.24) is 15.1 Å². The number of rotatable bonds is 7. The molecule has 9 heteroatoms. The van der Waals surface area contributed by atoms with Crippen LogP contribution in [0.15, 0.2) is 49.9 Å². The van der Waals surface area contributed by atoms with Gasteiger partial charge in [0, 0.05) is 17.2 Å². The predicted molar refractivity (Wildman–Crippen MR) is 109 cm³/mol. The number of aromatic nitrogens is 2. The number of aryl methyl sites for hydroxylation is 1. The first-order valence-electron chi connectivity index (χ1n) is 8.13. The van der Waals surface area contributed by atoms with Gasteiger partial charge in [0.1, 0.15) is 18.1 Å². The number of carbonyl (C=O) groups excluding carboxylic acids is 1. The quantitative estimate of drug-likeness (QED) is 0.469. The summed E-state index contributed by atoms with van der Waals surface area (Å²) in [7, 11) is 0. The van der Waals surface area contributed by atoms with Gasteiger partial charge in [0.15, 0.2) is 5.76 Å². The zero-order valence-electron chi connectivity index (χ0n) is 14.3. The summed E-state index contributed by atoms with van der Waals surface area (Å²) in [5.41, 5.74) is 0.755. The Morgan fingerprint density at radius 1 is 1.33 bits per heavy atom. The molecule has 2 heterocycles. The van der Waals surface area contributed by atoms with E-state index in [1.807, 2.05) is 19.2 Å². The van der Waals surface area contributed by atoms with Gasteiger partial charge in [0.2, 0.25) is 0 Å². The van der Waals surface area contributed by atoms with Crippen LogP contribution < -0.4 is 10.1 Å². The van der Waals surface area contributed by atoms with Crippen molar-refractivity contribution in [2.45, 2.75) is 26.6 Å². The van der Waals surface area contributed by atoms with Crippen molar-refractivity contribution in [2.24, 2.45) is 0 Å². The number of ether oxygens (including phenoxy) is 1. The normalized spacial score (nSPS) is 10.8. The maximum Gasteiger partial charge on any atom is 0.287 e. The Labute approximate surface area is 178 Å². The Hall–Kier alpha value is -1.77. The molecule has 2 aromatic heterocycles. The number of furan rings is 1. The summed E-state index contributed by atoms with van der Waals surface area (Å²) in [6, 6.07) is 8.65. The molecule has 6 nitrogen and oxygen atoms in total. The average molecular weight is 518 g/mol. The molecule has 3 rings (SSSR count). The molecule has 0 aliphatic carbocycles. The second-order valence-corrected chi connectivity index (χ2v) is 7.77. The van der Waals surface area contributed by atoms with Crippen LogP contribution >= 0.6 is 43.5 Å². The molecule has 3 aromatic rings. The lowest BCUT2D eigenvalue weighted by Gasteiger charge is -2.06. The number of nitrogens with one attached hydrogen (secondary N) is 1. The standard InChI is InChI=1S/C18H16Br2ClN3O3/c1-2-24-9-13(20)15(23-24)8-22-18(25)17-6-4-12(27-17)10-26-16-5-3-11(19)7-14(16)21/h3-7,9H,2,8,10H2,1H3,(H,22,25). The highest BCUT2D eigenvalue weighted by Crippen LogP contribution is 2.28. The van der Waals surface area contributed by atoms with E-state index in [9.17, 15) is 4.79 Å². The van der Waals surface area contributed by atoms with Crippen LogP contribution in [-0.4, -0.2) is 15.7 Å². The minimum absolute atomic E-state index is 0.168. The van der Waals surface area contributed by atoms with Crippen molar-refractivity contribution >= 4 is 49.4 Å². The second kappa shape index (κ2) is 8.95. The zero-order valence-corrected chi connectivity index (χ0v) is 18.3. The van der Waals surface area contributed by atoms with Crippen LogP contribution in [0.25, 0.3) is 0 Å². The summed E-state index contributed by atoms with van der Waals surface area (Å²) < 4.78 is 14.7. The number of hydrogen-bond acceptors (Lipinski definition) is 4. The molecule has 0 bridgehead atoms. The van der Waals surface area contributed by atoms with Gasteiger partial charge in [-0.25, -0.2) is 0 Å². The van der Waals surface area contributed by atoms with Crippen LogP contribution in [0.3, 0.4) is 0 Å². The van der Waals surface area contributed by atoms with Crippen molar-refractivity contribution in [3.8, 4) is 5.75 Å². The lowest BCUT2D eigenvalue weighted by atomic mass is 10.3. The number of benzene rings is 1. The molecule has 0 saturated heterocycles. The van der Waals surface area contributed by atoms with Crippen LogP contribution in [-0.2, 0) is 19.7 Å². The fourth-order valence-corrected chi connectivity index (χ4v) is 3.47. The summed E-state index contributed by atoms with van der Waals surface area (Å²) in [4.78, 5) is 12.3. The number of halogens is 3. The molecule has 0 radical (unpaired) electrons. The third kappa shape index (κ3) is 5.15. The van der Waals surface area contributed by atoms with E-state index in [1.54, 1.807) is 28.9 Å². The third-order valence-corrected chi connectivity index (χ3v) is 5.13. The molecule has 1 amide bonds. The topological polar surface area (TPSA) is 69.3 Å². The fourth-order valence-electron chi connectivity index (χ4n) is 2.29. The molecule has 0 aliphatic heterocycles. The molecule has 142 valence electrons. The summed E-state index contributed by atoms with van der Waals surface area (Å²) >= 11 is 12.9. The van der Waals surface area contributed by atoms with E-state index in [4.69, 9.17) is 20.8 Å². The molecule has 1 aromatic carbocycles. The zero-order chi connectivity index (χ0) is 19.4. The minimum atomic E-state index is -0.319. The van der Waals surface area contributed by atoms with E-state index >= 15 is 0 Å². The van der Waals surface area contributed by atoms with Gasteiger partial charge in [-0.15, -0.1) is 0 Å². The predicted octanol–water partition coefficient (Wildman–Crippen LogP) is 5.18. The van der Waals surface area contributed by atoms with Crippen molar-refractivity contribution in [3.05, 3.63) is 67.7 Å². The van der Waals surface area contributed by atoms with Crippen molar-refractivity contribution < 1.29 is 13.9 Å². The summed E-state index contributed by atoms with van der Waals surface area (Å²) in [6.45, 7) is 3.22. The highest BCUT2D eigenvalue weighted by atomic mass is 79.9. The Morgan fingerprint density at radius 2 is 2.15 bits per heavy atom. The molecule has 0 unspecified atom stereocenters. The average Bonchev–Trinajstić information content (AvgIpc) is 3.25. The van der Waals surface area contributed by atoms with Crippen LogP contribution in [0, 0.1) is 0 Å². The van der Waals surface area contributed by atoms with Crippen molar-refractivity contribution in [1.29, 1.82) is 0 Å². The number of amides is 1. The van der Waals surface area contributed by atoms with E-state index in [2.05, 4.69) is 42.3 Å². The lowest BCUT2D eigenvalue weighted by molar-refractivity contribution is 0.0918. The molecule has 1 N–H and O–H groups in total. The first kappa shape index (κ1) is 20.0. The van der Waals surface area contributed by atoms with E-state index in [-0.39, 0.29) is 18.3 Å². The van der Waals surface area contributed by atoms with Crippen molar-refractivity contribution in [3.63, 3.8) is 0 Å². The van der Waals surface area contributed by atoms with Gasteiger partial charge in [-0.2, -0.15) is 5.10 Å². The van der Waals surface area contributed by atoms with Crippen LogP contribution in [0.4, 0.5) is 0 Å². The SMILES string of the molecule is CCn1cc(Br)c(CNC(=O)c2ccc(COc3ccc(Br)cc3Cl)o2)n1. The van der Waals surface area contributed by atoms with Crippen LogP contribution in [0.5, 0.6) is 5.75 Å². The molecule has 0 spiro atoms. The van der Waals surface area contributed by atoms with Gasteiger partial charge in [-0.3, -0.25) is 9.48 Å². The van der Waals surface area contributed by atoms with Gasteiger partial charge in [0.25, 0.3) is 5.91 Å². The van der Waals surface area contributed by atoms with E-state index in [0.29, 0.717) is 23.1 Å². The Kier molecular flexibility index (Phi) is 6.62. The van der Waals surface area contributed by atoms with Crippen LogP contribution in [0.2, 0.25) is 5.02 Å². The maximum absolute atomic E-state index is 12.3. The number of hydrogen-bond donors (Lipinski definition) is 1. The fraction of sp³-hybridized carbons (Fsp3) is 0.222. The molecule has 27 heavy (non-hydrogen) atoms. The largest absolute Gasteiger partial charge is 0.484 e. The van der Waals surface area contributed by atoms with Gasteiger partial charge in [-0.1, -0.05) is 27.5 Å². The lowest BCUT2D eigenvalue weighted by Crippen LogP contribution is -2.22. The van der Waals surface area contributed by atoms with E-state index in [1.165, 1.54) is 0 Å². The van der Waals surface area contributed by atoms with Gasteiger partial charge in [-0.05, 0) is 53.2 Å². The monoisotopic (exact) mass is 515 g/mol. The molecule has 0 aliphatic rings. The third-order valence-electron chi connectivity index (χ3n) is 3.68. The smallest absolute Gasteiger partial charge is 0.287 e. The Morgan fingerprint density at radius 3 is 2.85 bits per heavy atom. The highest BCUT2D eigenvalue weighted by molar-refractivity contribution is 9.10. The second-order valence-electron chi connectivity index (χ2n) is 5.59. The first-order chi connectivity index (χ1) is 13.0. The molecule has 0 atom stereocenters. The highest BCUT2D eigenvalue weighted by Gasteiger charge is 2.14. The number of nitrogens with zero attached hydrogens (tertiary/aromatic N) is 2. The van der Waals surface area contributed by atoms with E-state index < -0.39 is 0 Å². The molecular formula is C18H16Br2ClN3O3. The van der Waals surface area contributed by atoms with Crippen LogP contribution in [0.1, 0.15) is 28.9 Å². The Bertz CT molecular complexity index is 955. The van der Waals surface area contributed by atoms with Gasteiger partial charge >= 0.3 is 0 Å². The first-order valence-corrected chi connectivity index (χ1v) is 10.1. The molecular weight excluding hydrogens is 501 g/mol. The van der Waals surface area contributed by atoms with Gasteiger partial charge in [0.05, 0.1) is 21.7 Å². The number of carbonyl (C=O) groups is 1. The van der Waals surface area contributed by atoms with Gasteiger partial charge < -0.3 is 14.5 Å². The van der Waals surface area contributed by atoms with E-state index in [0.717, 1.165) is 21.2 Å². The summed E-state index contributed by atoms with van der Waals surface area (Å²) in [5, 5.41) is 7.65. The maximum atomic E-state index is 12.3. The summed E-state index contributed by atoms with van der Waals surface area (Å²) in [6.07, 6.45) is 1.87. The van der Waals surface area contributed by atoms with Crippen molar-refractivity contribution in [2.75, 3.05) is 0 Å². The molecule has 0 saturated carbocycles. The molecule has 0 fully saturated rings. The minimum Gasteiger partial charge on any atom is -0.484 e. The summed E-state index contributed by atoms with van der Waals surface area (Å²) in [5.74, 6) is 0.955. The Balaban J connectivity index is 1.56.